The zero-order valence-electron chi connectivity index (χ0n) is 11.6. The zero-order valence-corrected chi connectivity index (χ0v) is 12.4. The van der Waals surface area contributed by atoms with Gasteiger partial charge in [0.25, 0.3) is 0 Å². The number of nitrogens with one attached hydrogen (secondary N) is 1. The monoisotopic (exact) mass is 314 g/mol. The highest BCUT2D eigenvalue weighted by molar-refractivity contribution is 7.89. The molecule has 4 N–H and O–H groups in total. The molecule has 0 bridgehead atoms. The molecule has 1 aromatic carbocycles. The minimum absolute atomic E-state index is 0.0495. The summed E-state index contributed by atoms with van der Waals surface area (Å²) in [5.74, 6) is -1.16. The molecule has 1 aromatic rings. The molecule has 1 aliphatic carbocycles. The van der Waals surface area contributed by atoms with E-state index < -0.39 is 16.0 Å². The van der Waals surface area contributed by atoms with Gasteiger partial charge in [-0.05, 0) is 38.0 Å². The van der Waals surface area contributed by atoms with Gasteiger partial charge in [-0.2, -0.15) is 0 Å². The van der Waals surface area contributed by atoms with Gasteiger partial charge < -0.3 is 15.6 Å². The Morgan fingerprint density at radius 1 is 1.48 bits per heavy atom. The van der Waals surface area contributed by atoms with Gasteiger partial charge in [0, 0.05) is 12.6 Å². The highest BCUT2D eigenvalue weighted by atomic mass is 32.2. The Labute approximate surface area is 123 Å². The molecule has 116 valence electrons. The molecule has 0 heterocycles. The molecule has 1 fully saturated rings. The predicted molar refractivity (Wildman–Crippen MR) is 76.6 cm³/mol. The van der Waals surface area contributed by atoms with Crippen molar-refractivity contribution in [3.8, 4) is 0 Å². The van der Waals surface area contributed by atoms with Crippen molar-refractivity contribution in [2.75, 3.05) is 12.3 Å². The van der Waals surface area contributed by atoms with E-state index in [0.717, 1.165) is 6.07 Å². The van der Waals surface area contributed by atoms with Crippen LogP contribution < -0.4 is 10.5 Å². The maximum absolute atomic E-state index is 12.2. The van der Waals surface area contributed by atoms with Gasteiger partial charge >= 0.3 is 5.97 Å². The first-order valence-corrected chi connectivity index (χ1v) is 8.08. The normalized spacial score (nSPS) is 21.8. The van der Waals surface area contributed by atoms with Crippen LogP contribution in [0.2, 0.25) is 0 Å². The highest BCUT2D eigenvalue weighted by Crippen LogP contribution is 2.26. The molecule has 0 atom stereocenters. The number of hydrogen-bond acceptors (Lipinski definition) is 5. The lowest BCUT2D eigenvalue weighted by Gasteiger charge is -2.35. The first-order valence-electron chi connectivity index (χ1n) is 6.60. The molecule has 7 nitrogen and oxygen atoms in total. The molecular formula is C13H18N2O5S. The van der Waals surface area contributed by atoms with Crippen molar-refractivity contribution in [2.45, 2.75) is 36.8 Å². The van der Waals surface area contributed by atoms with Gasteiger partial charge in [-0.15, -0.1) is 0 Å². The van der Waals surface area contributed by atoms with Crippen molar-refractivity contribution >= 4 is 21.7 Å². The second-order valence-electron chi connectivity index (χ2n) is 4.92. The fourth-order valence-electron chi connectivity index (χ4n) is 2.24. The molecule has 0 unspecified atom stereocenters. The molecule has 0 saturated heterocycles. The summed E-state index contributed by atoms with van der Waals surface area (Å²) < 4.78 is 32.4. The topological polar surface area (TPSA) is 119 Å². The van der Waals surface area contributed by atoms with Gasteiger partial charge in [-0.3, -0.25) is 0 Å². The quantitative estimate of drug-likeness (QED) is 0.669. The molecule has 21 heavy (non-hydrogen) atoms. The molecule has 2 rings (SSSR count). The van der Waals surface area contributed by atoms with Crippen LogP contribution in [0.25, 0.3) is 0 Å². The third-order valence-electron chi connectivity index (χ3n) is 3.37. The van der Waals surface area contributed by atoms with Crippen LogP contribution in [-0.4, -0.2) is 38.2 Å². The van der Waals surface area contributed by atoms with Crippen LogP contribution >= 0.6 is 0 Å². The molecule has 0 spiro atoms. The van der Waals surface area contributed by atoms with E-state index in [0.29, 0.717) is 19.4 Å². The van der Waals surface area contributed by atoms with E-state index in [1.165, 1.54) is 12.1 Å². The first kappa shape index (κ1) is 15.7. The van der Waals surface area contributed by atoms with Crippen LogP contribution in [0.1, 0.15) is 30.1 Å². The lowest BCUT2D eigenvalue weighted by molar-refractivity contribution is -0.00476. The summed E-state index contributed by atoms with van der Waals surface area (Å²) in [6.45, 7) is 2.50. The largest absolute Gasteiger partial charge is 0.478 e. The summed E-state index contributed by atoms with van der Waals surface area (Å²) >= 11 is 0. The van der Waals surface area contributed by atoms with Crippen LogP contribution in [-0.2, 0) is 14.8 Å². The number of ether oxygens (including phenoxy) is 1. The molecule has 0 amide bonds. The molecular weight excluding hydrogens is 296 g/mol. The number of sulfonamides is 1. The Hall–Kier alpha value is -1.64. The lowest BCUT2D eigenvalue weighted by atomic mass is 9.90. The number of nitrogen functional groups attached to an aromatic ring is 1. The lowest BCUT2D eigenvalue weighted by Crippen LogP contribution is -2.47. The summed E-state index contributed by atoms with van der Waals surface area (Å²) in [7, 11) is -3.76. The molecule has 0 aliphatic heterocycles. The minimum Gasteiger partial charge on any atom is -0.478 e. The van der Waals surface area contributed by atoms with E-state index in [4.69, 9.17) is 15.6 Å². The van der Waals surface area contributed by atoms with E-state index in [1.54, 1.807) is 0 Å². The second kappa shape index (κ2) is 6.00. The van der Waals surface area contributed by atoms with Crippen molar-refractivity contribution in [1.29, 1.82) is 0 Å². The van der Waals surface area contributed by atoms with Crippen LogP contribution in [0, 0.1) is 0 Å². The Bertz CT molecular complexity index is 638. The summed E-state index contributed by atoms with van der Waals surface area (Å²) in [6.07, 6.45) is 1.34. The van der Waals surface area contributed by atoms with Gasteiger partial charge in [-0.25, -0.2) is 17.9 Å². The van der Waals surface area contributed by atoms with E-state index in [-0.39, 0.29) is 28.3 Å². The van der Waals surface area contributed by atoms with Crippen LogP contribution in [0.3, 0.4) is 0 Å². The van der Waals surface area contributed by atoms with E-state index in [2.05, 4.69) is 4.72 Å². The Morgan fingerprint density at radius 3 is 2.67 bits per heavy atom. The summed E-state index contributed by atoms with van der Waals surface area (Å²) in [6, 6.07) is 3.39. The van der Waals surface area contributed by atoms with E-state index in [1.807, 2.05) is 6.92 Å². The predicted octanol–water partition coefficient (Wildman–Crippen LogP) is 0.813. The van der Waals surface area contributed by atoms with Gasteiger partial charge in [-0.1, -0.05) is 0 Å². The summed E-state index contributed by atoms with van der Waals surface area (Å²) in [5, 5.41) is 8.84. The molecule has 1 saturated carbocycles. The fourth-order valence-corrected chi connectivity index (χ4v) is 3.62. The average Bonchev–Trinajstić information content (AvgIpc) is 2.35. The maximum atomic E-state index is 12.2. The Kier molecular flexibility index (Phi) is 4.50. The van der Waals surface area contributed by atoms with Crippen LogP contribution in [0.5, 0.6) is 0 Å². The number of hydrogen-bond donors (Lipinski definition) is 3. The highest BCUT2D eigenvalue weighted by Gasteiger charge is 2.33. The Balaban J connectivity index is 2.08. The summed E-state index contributed by atoms with van der Waals surface area (Å²) in [4.78, 5) is 10.7. The fraction of sp³-hybridized carbons (Fsp3) is 0.462. The summed E-state index contributed by atoms with van der Waals surface area (Å²) in [5.41, 5.74) is 5.52. The van der Waals surface area contributed by atoms with Crippen molar-refractivity contribution in [2.24, 2.45) is 0 Å². The SMILES string of the molecule is CCOC1CC(NS(=O)(=O)c2ccc(C(=O)O)cc2N)C1. The van der Waals surface area contributed by atoms with Crippen LogP contribution in [0.15, 0.2) is 23.1 Å². The van der Waals surface area contributed by atoms with Gasteiger partial charge in [0.15, 0.2) is 0 Å². The molecule has 0 radical (unpaired) electrons. The number of carbonyl (C=O) groups is 1. The average molecular weight is 314 g/mol. The van der Waals surface area contributed by atoms with Gasteiger partial charge in [0.2, 0.25) is 10.0 Å². The first-order chi connectivity index (χ1) is 9.83. The minimum atomic E-state index is -3.76. The van der Waals surface area contributed by atoms with Gasteiger partial charge in [0.1, 0.15) is 4.90 Å². The van der Waals surface area contributed by atoms with Crippen molar-refractivity contribution in [1.82, 2.24) is 4.72 Å². The zero-order chi connectivity index (χ0) is 15.6. The van der Waals surface area contributed by atoms with Crippen molar-refractivity contribution in [3.05, 3.63) is 23.8 Å². The molecule has 0 aromatic heterocycles. The van der Waals surface area contributed by atoms with E-state index in [9.17, 15) is 13.2 Å². The third-order valence-corrected chi connectivity index (χ3v) is 4.96. The maximum Gasteiger partial charge on any atom is 0.335 e. The number of rotatable bonds is 6. The van der Waals surface area contributed by atoms with E-state index >= 15 is 0 Å². The Morgan fingerprint density at radius 2 is 2.14 bits per heavy atom. The number of benzene rings is 1. The molecule has 1 aliphatic rings. The third kappa shape index (κ3) is 3.52. The molecule has 8 heteroatoms. The van der Waals surface area contributed by atoms with Crippen molar-refractivity contribution < 1.29 is 23.1 Å². The van der Waals surface area contributed by atoms with Crippen LogP contribution in [0.4, 0.5) is 5.69 Å². The smallest absolute Gasteiger partial charge is 0.335 e. The number of carboxylic acids is 1. The standard InChI is InChI=1S/C13H18N2O5S/c1-2-20-10-6-9(7-10)15-21(18,19)12-4-3-8(13(16)17)5-11(12)14/h3-5,9-10,15H,2,6-7,14H2,1H3,(H,16,17). The second-order valence-corrected chi connectivity index (χ2v) is 6.61. The number of carboxylic acid groups (broad SMARTS) is 1. The number of nitrogens with two attached hydrogens (primary N) is 1. The van der Waals surface area contributed by atoms with Gasteiger partial charge in [0.05, 0.1) is 17.4 Å². The van der Waals surface area contributed by atoms with Crippen molar-refractivity contribution in [3.63, 3.8) is 0 Å². The number of aromatic carboxylic acids is 1. The number of anilines is 1.